The Labute approximate surface area is 186 Å². The van der Waals surface area contributed by atoms with E-state index >= 15 is 0 Å². The molecule has 2 amide bonds. The third-order valence-corrected chi connectivity index (χ3v) is 4.98. The molecule has 0 aromatic heterocycles. The number of methoxy groups -OCH3 is 1. The van der Waals surface area contributed by atoms with Crippen molar-refractivity contribution in [1.82, 2.24) is 5.32 Å². The summed E-state index contributed by atoms with van der Waals surface area (Å²) in [5.74, 6) is 0.139. The van der Waals surface area contributed by atoms with Crippen LogP contribution in [0, 0.1) is 0 Å². The first-order chi connectivity index (χ1) is 15.0. The number of nitrogens with one attached hydrogen (secondary N) is 3. The molecule has 3 N–H and O–H groups in total. The Morgan fingerprint density at radius 1 is 0.935 bits per heavy atom. The molecule has 0 bridgehead atoms. The standard InChI is InChI=1S/C24H24ClN3O3/c1-16(17-7-9-18(25)10-8-17)26-15-23(29)28-22-6-4-3-5-21(22)24(30)27-19-11-13-20(31-2)14-12-19/h3-14,16,26H,15H2,1-2H3,(H,27,30)(H,28,29). The molecular formula is C24H24ClN3O3. The topological polar surface area (TPSA) is 79.5 Å². The van der Waals surface area contributed by atoms with Gasteiger partial charge in [0.1, 0.15) is 5.75 Å². The lowest BCUT2D eigenvalue weighted by atomic mass is 10.1. The zero-order valence-electron chi connectivity index (χ0n) is 17.3. The number of ether oxygens (including phenoxy) is 1. The molecule has 1 atom stereocenters. The van der Waals surface area contributed by atoms with Crippen molar-refractivity contribution in [2.45, 2.75) is 13.0 Å². The lowest BCUT2D eigenvalue weighted by Crippen LogP contribution is -2.30. The Morgan fingerprint density at radius 2 is 1.61 bits per heavy atom. The first-order valence-electron chi connectivity index (χ1n) is 9.79. The van der Waals surface area contributed by atoms with E-state index < -0.39 is 0 Å². The predicted molar refractivity (Wildman–Crippen MR) is 124 cm³/mol. The Bertz CT molecular complexity index is 1040. The number of anilines is 2. The van der Waals surface area contributed by atoms with E-state index in [1.807, 2.05) is 31.2 Å². The zero-order valence-corrected chi connectivity index (χ0v) is 18.1. The summed E-state index contributed by atoms with van der Waals surface area (Å²) in [4.78, 5) is 25.2. The fourth-order valence-corrected chi connectivity index (χ4v) is 3.10. The average Bonchev–Trinajstić information content (AvgIpc) is 2.79. The third kappa shape index (κ3) is 6.31. The quantitative estimate of drug-likeness (QED) is 0.468. The number of para-hydroxylation sites is 1. The minimum Gasteiger partial charge on any atom is -0.497 e. The maximum absolute atomic E-state index is 12.7. The molecule has 3 aromatic rings. The predicted octanol–water partition coefficient (Wildman–Crippen LogP) is 4.89. The minimum absolute atomic E-state index is 0.0309. The summed E-state index contributed by atoms with van der Waals surface area (Å²) in [6.07, 6.45) is 0. The summed E-state index contributed by atoms with van der Waals surface area (Å²) in [6, 6.07) is 21.3. The molecule has 3 rings (SSSR count). The van der Waals surface area contributed by atoms with Crippen molar-refractivity contribution in [1.29, 1.82) is 0 Å². The maximum Gasteiger partial charge on any atom is 0.257 e. The average molecular weight is 438 g/mol. The Kier molecular flexibility index (Phi) is 7.65. The van der Waals surface area contributed by atoms with Gasteiger partial charge in [-0.15, -0.1) is 0 Å². The zero-order chi connectivity index (χ0) is 22.2. The van der Waals surface area contributed by atoms with Gasteiger partial charge in [-0.2, -0.15) is 0 Å². The van der Waals surface area contributed by atoms with Crippen molar-refractivity contribution in [2.24, 2.45) is 0 Å². The molecule has 0 aliphatic rings. The molecule has 7 heteroatoms. The largest absolute Gasteiger partial charge is 0.497 e. The van der Waals surface area contributed by atoms with Gasteiger partial charge in [0.05, 0.1) is 24.9 Å². The first-order valence-corrected chi connectivity index (χ1v) is 10.2. The van der Waals surface area contributed by atoms with Crippen LogP contribution in [0.4, 0.5) is 11.4 Å². The van der Waals surface area contributed by atoms with Crippen molar-refractivity contribution >= 4 is 34.8 Å². The minimum atomic E-state index is -0.316. The van der Waals surface area contributed by atoms with Gasteiger partial charge in [0.15, 0.2) is 0 Å². The molecule has 160 valence electrons. The molecule has 3 aromatic carbocycles. The van der Waals surface area contributed by atoms with Crippen molar-refractivity contribution in [3.63, 3.8) is 0 Å². The molecule has 0 aliphatic carbocycles. The van der Waals surface area contributed by atoms with E-state index in [4.69, 9.17) is 16.3 Å². The maximum atomic E-state index is 12.7. The Hall–Kier alpha value is -3.35. The van der Waals surface area contributed by atoms with E-state index in [1.54, 1.807) is 55.6 Å². The molecule has 0 saturated carbocycles. The van der Waals surface area contributed by atoms with E-state index in [1.165, 1.54) is 0 Å². The summed E-state index contributed by atoms with van der Waals surface area (Å²) in [5, 5.41) is 9.47. The van der Waals surface area contributed by atoms with Crippen LogP contribution in [0.25, 0.3) is 0 Å². The van der Waals surface area contributed by atoms with E-state index in [2.05, 4.69) is 16.0 Å². The lowest BCUT2D eigenvalue weighted by Gasteiger charge is -2.15. The number of benzene rings is 3. The molecule has 0 fully saturated rings. The molecule has 0 aliphatic heterocycles. The molecule has 0 saturated heterocycles. The van der Waals surface area contributed by atoms with Gasteiger partial charge in [0, 0.05) is 16.8 Å². The highest BCUT2D eigenvalue weighted by atomic mass is 35.5. The number of hydrogen-bond acceptors (Lipinski definition) is 4. The van der Waals surface area contributed by atoms with Gasteiger partial charge in [0.2, 0.25) is 5.91 Å². The van der Waals surface area contributed by atoms with Gasteiger partial charge in [-0.3, -0.25) is 9.59 Å². The highest BCUT2D eigenvalue weighted by Crippen LogP contribution is 2.20. The van der Waals surface area contributed by atoms with Crippen LogP contribution in [-0.4, -0.2) is 25.5 Å². The number of carbonyl (C=O) groups is 2. The van der Waals surface area contributed by atoms with E-state index in [-0.39, 0.29) is 24.4 Å². The summed E-state index contributed by atoms with van der Waals surface area (Å²) in [6.45, 7) is 2.06. The summed E-state index contributed by atoms with van der Waals surface area (Å²) in [5.41, 5.74) is 2.47. The number of rotatable bonds is 8. The molecule has 0 heterocycles. The first kappa shape index (κ1) is 22.3. The normalized spacial score (nSPS) is 11.5. The fourth-order valence-electron chi connectivity index (χ4n) is 2.97. The smallest absolute Gasteiger partial charge is 0.257 e. The van der Waals surface area contributed by atoms with Crippen molar-refractivity contribution < 1.29 is 14.3 Å². The highest BCUT2D eigenvalue weighted by molar-refractivity contribution is 6.30. The fraction of sp³-hybridized carbons (Fsp3) is 0.167. The van der Waals surface area contributed by atoms with Crippen molar-refractivity contribution in [2.75, 3.05) is 24.3 Å². The van der Waals surface area contributed by atoms with Crippen molar-refractivity contribution in [3.8, 4) is 5.75 Å². The van der Waals surface area contributed by atoms with E-state index in [0.717, 1.165) is 5.56 Å². The third-order valence-electron chi connectivity index (χ3n) is 4.73. The van der Waals surface area contributed by atoms with Crippen LogP contribution in [0.3, 0.4) is 0 Å². The Morgan fingerprint density at radius 3 is 2.29 bits per heavy atom. The molecule has 0 spiro atoms. The molecule has 6 nitrogen and oxygen atoms in total. The SMILES string of the molecule is COc1ccc(NC(=O)c2ccccc2NC(=O)CNC(C)c2ccc(Cl)cc2)cc1. The van der Waals surface area contributed by atoms with E-state index in [0.29, 0.717) is 27.7 Å². The summed E-state index contributed by atoms with van der Waals surface area (Å²) >= 11 is 5.92. The van der Waals surface area contributed by atoms with Crippen LogP contribution >= 0.6 is 11.6 Å². The number of halogens is 1. The Balaban J connectivity index is 1.60. The van der Waals surface area contributed by atoms with Crippen LogP contribution in [0.15, 0.2) is 72.8 Å². The van der Waals surface area contributed by atoms with E-state index in [9.17, 15) is 9.59 Å². The van der Waals surface area contributed by atoms with Crippen LogP contribution in [0.2, 0.25) is 5.02 Å². The van der Waals surface area contributed by atoms with Crippen LogP contribution in [-0.2, 0) is 4.79 Å². The van der Waals surface area contributed by atoms with Gasteiger partial charge < -0.3 is 20.7 Å². The summed E-state index contributed by atoms with van der Waals surface area (Å²) < 4.78 is 5.12. The van der Waals surface area contributed by atoms with Gasteiger partial charge in [0.25, 0.3) is 5.91 Å². The second-order valence-corrected chi connectivity index (χ2v) is 7.37. The monoisotopic (exact) mass is 437 g/mol. The lowest BCUT2D eigenvalue weighted by molar-refractivity contribution is -0.115. The second kappa shape index (κ2) is 10.6. The molecular weight excluding hydrogens is 414 g/mol. The number of carbonyl (C=O) groups excluding carboxylic acids is 2. The number of amides is 2. The van der Waals surface area contributed by atoms with Crippen LogP contribution in [0.1, 0.15) is 28.9 Å². The van der Waals surface area contributed by atoms with Crippen LogP contribution in [0.5, 0.6) is 5.75 Å². The van der Waals surface area contributed by atoms with Crippen molar-refractivity contribution in [3.05, 3.63) is 88.9 Å². The second-order valence-electron chi connectivity index (χ2n) is 6.93. The number of hydrogen-bond donors (Lipinski definition) is 3. The van der Waals surface area contributed by atoms with Gasteiger partial charge >= 0.3 is 0 Å². The van der Waals surface area contributed by atoms with Crippen LogP contribution < -0.4 is 20.7 Å². The van der Waals surface area contributed by atoms with Gasteiger partial charge in [-0.25, -0.2) is 0 Å². The molecule has 31 heavy (non-hydrogen) atoms. The van der Waals surface area contributed by atoms with Gasteiger partial charge in [-0.1, -0.05) is 35.9 Å². The highest BCUT2D eigenvalue weighted by Gasteiger charge is 2.14. The molecule has 0 radical (unpaired) electrons. The summed E-state index contributed by atoms with van der Waals surface area (Å²) in [7, 11) is 1.58. The van der Waals surface area contributed by atoms with Gasteiger partial charge in [-0.05, 0) is 61.0 Å². The molecule has 1 unspecified atom stereocenters.